The van der Waals surface area contributed by atoms with E-state index in [-0.39, 0.29) is 11.7 Å². The lowest BCUT2D eigenvalue weighted by atomic mass is 10.1. The van der Waals surface area contributed by atoms with Gasteiger partial charge in [0.15, 0.2) is 5.84 Å². The number of carbonyl (C=O) groups is 1. The molecule has 0 radical (unpaired) electrons. The van der Waals surface area contributed by atoms with E-state index in [0.29, 0.717) is 28.6 Å². The highest BCUT2D eigenvalue weighted by Crippen LogP contribution is 2.47. The number of amides is 1. The van der Waals surface area contributed by atoms with Crippen LogP contribution in [0.15, 0.2) is 23.4 Å². The molecule has 1 aliphatic rings. The Balaban J connectivity index is 2.23. The number of carbonyl (C=O) groups excluding carboxylic acids is 1. The number of anilines is 1. The summed E-state index contributed by atoms with van der Waals surface area (Å²) in [6, 6.07) is 4.91. The molecular formula is C11H11Cl2N3O2. The topological polar surface area (TPSA) is 87.7 Å². The molecule has 0 heterocycles. The Labute approximate surface area is 114 Å². The first-order chi connectivity index (χ1) is 8.51. The van der Waals surface area contributed by atoms with E-state index in [1.807, 2.05) is 0 Å². The van der Waals surface area contributed by atoms with Gasteiger partial charge >= 0.3 is 0 Å². The van der Waals surface area contributed by atoms with Crippen LogP contribution in [-0.4, -0.2) is 17.0 Å². The zero-order valence-electron chi connectivity index (χ0n) is 9.28. The van der Waals surface area contributed by atoms with Gasteiger partial charge < -0.3 is 16.3 Å². The van der Waals surface area contributed by atoms with Crippen LogP contribution in [-0.2, 0) is 4.79 Å². The van der Waals surface area contributed by atoms with Gasteiger partial charge in [0.2, 0.25) is 5.91 Å². The highest BCUT2D eigenvalue weighted by molar-refractivity contribution is 6.40. The van der Waals surface area contributed by atoms with Gasteiger partial charge in [0.1, 0.15) is 5.41 Å². The van der Waals surface area contributed by atoms with Gasteiger partial charge in [-0.05, 0) is 25.0 Å². The number of amidine groups is 1. The van der Waals surface area contributed by atoms with Gasteiger partial charge in [-0.25, -0.2) is 0 Å². The van der Waals surface area contributed by atoms with Gasteiger partial charge in [-0.15, -0.1) is 0 Å². The molecule has 0 aliphatic heterocycles. The third kappa shape index (κ3) is 2.11. The molecule has 0 aromatic heterocycles. The number of benzene rings is 1. The molecule has 7 heteroatoms. The predicted molar refractivity (Wildman–Crippen MR) is 70.2 cm³/mol. The zero-order chi connectivity index (χ0) is 13.3. The standard InChI is InChI=1S/C11H11Cl2N3O2/c12-6-2-1-3-7(13)8(6)15-10(17)11(4-5-11)9(14)16-18/h1-3,18H,4-5H2,(H2,14,16)(H,15,17). The summed E-state index contributed by atoms with van der Waals surface area (Å²) in [6.45, 7) is 0. The second-order valence-corrected chi connectivity index (χ2v) is 4.93. The summed E-state index contributed by atoms with van der Waals surface area (Å²) < 4.78 is 0. The third-order valence-corrected chi connectivity index (χ3v) is 3.61. The van der Waals surface area contributed by atoms with Crippen LogP contribution in [0.3, 0.4) is 0 Å². The maximum Gasteiger partial charge on any atom is 0.238 e. The number of hydrogen-bond donors (Lipinski definition) is 3. The van der Waals surface area contributed by atoms with Crippen molar-refractivity contribution in [3.63, 3.8) is 0 Å². The molecule has 0 spiro atoms. The van der Waals surface area contributed by atoms with Crippen LogP contribution < -0.4 is 11.1 Å². The summed E-state index contributed by atoms with van der Waals surface area (Å²) in [5.74, 6) is -0.462. The number of oxime groups is 1. The summed E-state index contributed by atoms with van der Waals surface area (Å²) in [7, 11) is 0. The molecule has 2 rings (SSSR count). The van der Waals surface area contributed by atoms with Crippen molar-refractivity contribution in [2.45, 2.75) is 12.8 Å². The van der Waals surface area contributed by atoms with Gasteiger partial charge in [0, 0.05) is 0 Å². The van der Waals surface area contributed by atoms with E-state index < -0.39 is 5.41 Å². The average molecular weight is 288 g/mol. The van der Waals surface area contributed by atoms with E-state index in [0.717, 1.165) is 0 Å². The number of halogens is 2. The molecule has 1 saturated carbocycles. The van der Waals surface area contributed by atoms with Gasteiger partial charge in [0.25, 0.3) is 0 Å². The van der Waals surface area contributed by atoms with Gasteiger partial charge in [0.05, 0.1) is 15.7 Å². The van der Waals surface area contributed by atoms with E-state index in [1.54, 1.807) is 18.2 Å². The lowest BCUT2D eigenvalue weighted by Crippen LogP contribution is -2.36. The van der Waals surface area contributed by atoms with Crippen molar-refractivity contribution in [2.75, 3.05) is 5.32 Å². The molecule has 0 bridgehead atoms. The summed E-state index contributed by atoms with van der Waals surface area (Å²) in [6.07, 6.45) is 1.08. The first kappa shape index (κ1) is 13.0. The summed E-state index contributed by atoms with van der Waals surface area (Å²) in [5, 5.41) is 14.9. The lowest BCUT2D eigenvalue weighted by molar-refractivity contribution is -0.119. The van der Waals surface area contributed by atoms with Crippen molar-refractivity contribution in [1.82, 2.24) is 0 Å². The fourth-order valence-corrected chi connectivity index (χ4v) is 2.16. The van der Waals surface area contributed by atoms with Crippen molar-refractivity contribution in [1.29, 1.82) is 0 Å². The fourth-order valence-electron chi connectivity index (χ4n) is 1.67. The molecule has 1 amide bonds. The number of nitrogens with two attached hydrogens (primary N) is 1. The number of rotatable bonds is 3. The largest absolute Gasteiger partial charge is 0.409 e. The normalized spacial score (nSPS) is 17.3. The molecule has 1 aliphatic carbocycles. The first-order valence-electron chi connectivity index (χ1n) is 5.25. The molecule has 1 aromatic carbocycles. The van der Waals surface area contributed by atoms with Crippen LogP contribution in [0.1, 0.15) is 12.8 Å². The molecular weight excluding hydrogens is 277 g/mol. The highest BCUT2D eigenvalue weighted by Gasteiger charge is 2.54. The Morgan fingerprint density at radius 1 is 1.39 bits per heavy atom. The van der Waals surface area contributed by atoms with Crippen LogP contribution in [0.5, 0.6) is 0 Å². The second kappa shape index (κ2) is 4.66. The first-order valence-corrected chi connectivity index (χ1v) is 6.00. The predicted octanol–water partition coefficient (Wildman–Crippen LogP) is 2.46. The SMILES string of the molecule is N/C(=N/O)C1(C(=O)Nc2c(Cl)cccc2Cl)CC1. The monoisotopic (exact) mass is 287 g/mol. The molecule has 5 nitrogen and oxygen atoms in total. The van der Waals surface area contributed by atoms with Crippen LogP contribution in [0.4, 0.5) is 5.69 Å². The molecule has 0 saturated heterocycles. The number of nitrogens with zero attached hydrogens (tertiary/aromatic N) is 1. The smallest absolute Gasteiger partial charge is 0.238 e. The Morgan fingerprint density at radius 3 is 2.39 bits per heavy atom. The minimum atomic E-state index is -0.933. The quantitative estimate of drug-likeness (QED) is 0.345. The maximum atomic E-state index is 12.1. The van der Waals surface area contributed by atoms with E-state index in [1.165, 1.54) is 0 Å². The van der Waals surface area contributed by atoms with Crippen LogP contribution >= 0.6 is 23.2 Å². The van der Waals surface area contributed by atoms with Crippen LogP contribution in [0.25, 0.3) is 0 Å². The van der Waals surface area contributed by atoms with E-state index in [2.05, 4.69) is 10.5 Å². The Hall–Kier alpha value is -1.46. The molecule has 18 heavy (non-hydrogen) atoms. The van der Waals surface area contributed by atoms with Crippen molar-refractivity contribution < 1.29 is 10.0 Å². The molecule has 0 unspecified atom stereocenters. The Bertz CT molecular complexity index is 507. The van der Waals surface area contributed by atoms with Crippen molar-refractivity contribution in [3.05, 3.63) is 28.2 Å². The lowest BCUT2D eigenvalue weighted by Gasteiger charge is -2.15. The fraction of sp³-hybridized carbons (Fsp3) is 0.273. The summed E-state index contributed by atoms with van der Waals surface area (Å²) in [5.41, 5.74) is 4.92. The van der Waals surface area contributed by atoms with Crippen molar-refractivity contribution in [3.8, 4) is 0 Å². The number of nitrogens with one attached hydrogen (secondary N) is 1. The van der Waals surface area contributed by atoms with Crippen LogP contribution in [0, 0.1) is 5.41 Å². The van der Waals surface area contributed by atoms with Crippen molar-refractivity contribution in [2.24, 2.45) is 16.3 Å². The van der Waals surface area contributed by atoms with Gasteiger partial charge in [-0.3, -0.25) is 4.79 Å². The number of hydrogen-bond acceptors (Lipinski definition) is 3. The minimum Gasteiger partial charge on any atom is -0.409 e. The molecule has 1 aromatic rings. The van der Waals surface area contributed by atoms with E-state index >= 15 is 0 Å². The highest BCUT2D eigenvalue weighted by atomic mass is 35.5. The minimum absolute atomic E-state index is 0.0943. The van der Waals surface area contributed by atoms with Gasteiger partial charge in [-0.1, -0.05) is 34.4 Å². The van der Waals surface area contributed by atoms with Crippen LogP contribution in [0.2, 0.25) is 10.0 Å². The number of para-hydroxylation sites is 1. The van der Waals surface area contributed by atoms with E-state index in [4.69, 9.17) is 34.1 Å². The molecule has 4 N–H and O–H groups in total. The molecule has 1 fully saturated rings. The third-order valence-electron chi connectivity index (χ3n) is 2.98. The molecule has 96 valence electrons. The van der Waals surface area contributed by atoms with Crippen molar-refractivity contribution >= 4 is 40.6 Å². The zero-order valence-corrected chi connectivity index (χ0v) is 10.8. The maximum absolute atomic E-state index is 12.1. The summed E-state index contributed by atoms with van der Waals surface area (Å²) >= 11 is 11.9. The van der Waals surface area contributed by atoms with Gasteiger partial charge in [-0.2, -0.15) is 0 Å². The summed E-state index contributed by atoms with van der Waals surface area (Å²) in [4.78, 5) is 12.1. The van der Waals surface area contributed by atoms with E-state index in [9.17, 15) is 4.79 Å². The Morgan fingerprint density at radius 2 is 1.94 bits per heavy atom. The average Bonchev–Trinajstić information content (AvgIpc) is 3.14. The second-order valence-electron chi connectivity index (χ2n) is 4.12. The Kier molecular flexibility index (Phi) is 3.36. The molecule has 0 atom stereocenters.